The Kier molecular flexibility index (Phi) is 3.68. The van der Waals surface area contributed by atoms with Gasteiger partial charge in [-0.05, 0) is 19.1 Å². The number of methoxy groups -OCH3 is 1. The second-order valence-electron chi connectivity index (χ2n) is 5.23. The van der Waals surface area contributed by atoms with Crippen LogP contribution in [-0.4, -0.2) is 38.4 Å². The van der Waals surface area contributed by atoms with Crippen LogP contribution in [0.4, 0.5) is 5.95 Å². The third-order valence-electron chi connectivity index (χ3n) is 3.75. The predicted molar refractivity (Wildman–Crippen MR) is 87.1 cm³/mol. The van der Waals surface area contributed by atoms with Gasteiger partial charge in [0.25, 0.3) is 5.91 Å². The molecule has 0 spiro atoms. The first-order valence-electron chi connectivity index (χ1n) is 7.08. The van der Waals surface area contributed by atoms with Crippen molar-refractivity contribution in [2.45, 2.75) is 6.92 Å². The van der Waals surface area contributed by atoms with Crippen molar-refractivity contribution in [3.05, 3.63) is 35.4 Å². The first kappa shape index (κ1) is 15.5. The van der Waals surface area contributed by atoms with Crippen molar-refractivity contribution in [1.29, 1.82) is 0 Å². The second kappa shape index (κ2) is 5.69. The molecule has 4 N–H and O–H groups in total. The summed E-state index contributed by atoms with van der Waals surface area (Å²) < 4.78 is 6.91. The molecule has 1 aromatic carbocycles. The van der Waals surface area contributed by atoms with Crippen LogP contribution in [0, 0.1) is 6.92 Å². The third kappa shape index (κ3) is 2.56. The highest BCUT2D eigenvalue weighted by molar-refractivity contribution is 6.03. The highest BCUT2D eigenvalue weighted by atomic mass is 16.5. The summed E-state index contributed by atoms with van der Waals surface area (Å²) >= 11 is 0. The van der Waals surface area contributed by atoms with Crippen LogP contribution in [0.3, 0.4) is 0 Å². The number of ether oxygens (including phenoxy) is 1. The molecule has 0 saturated heterocycles. The van der Waals surface area contributed by atoms with Crippen LogP contribution < -0.4 is 15.8 Å². The summed E-state index contributed by atoms with van der Waals surface area (Å²) in [5.74, 6) is 0.414. The predicted octanol–water partition coefficient (Wildman–Crippen LogP) is 0.965. The lowest BCUT2D eigenvalue weighted by Gasteiger charge is -2.03. The Labute approximate surface area is 136 Å². The normalized spacial score (nSPS) is 10.8. The quantitative estimate of drug-likeness (QED) is 0.657. The molecule has 2 amide bonds. The van der Waals surface area contributed by atoms with Crippen molar-refractivity contribution in [1.82, 2.24) is 19.5 Å². The van der Waals surface area contributed by atoms with Crippen molar-refractivity contribution >= 4 is 28.8 Å². The van der Waals surface area contributed by atoms with Gasteiger partial charge in [0.15, 0.2) is 0 Å². The number of aromatic amines is 1. The Bertz CT molecular complexity index is 956. The Morgan fingerprint density at radius 1 is 1.38 bits per heavy atom. The molecule has 2 aromatic heterocycles. The minimum absolute atomic E-state index is 0.230. The van der Waals surface area contributed by atoms with E-state index in [1.54, 1.807) is 18.5 Å². The van der Waals surface area contributed by atoms with Gasteiger partial charge in [0.2, 0.25) is 11.9 Å². The fourth-order valence-corrected chi connectivity index (χ4v) is 2.33. The number of hydrogen-bond donors (Lipinski definition) is 3. The minimum atomic E-state index is -0.589. The largest absolute Gasteiger partial charge is 0.494 e. The van der Waals surface area contributed by atoms with E-state index in [1.165, 1.54) is 25.4 Å². The van der Waals surface area contributed by atoms with Gasteiger partial charge in [-0.15, -0.1) is 0 Å². The zero-order chi connectivity index (χ0) is 17.4. The molecule has 0 saturated carbocycles. The molecule has 2 heterocycles. The van der Waals surface area contributed by atoms with Gasteiger partial charge in [-0.1, -0.05) is 0 Å². The highest BCUT2D eigenvalue weighted by Crippen LogP contribution is 2.27. The minimum Gasteiger partial charge on any atom is -0.494 e. The maximum Gasteiger partial charge on any atom is 0.276 e. The van der Waals surface area contributed by atoms with E-state index in [1.807, 2.05) is 0 Å². The first-order valence-corrected chi connectivity index (χ1v) is 7.08. The van der Waals surface area contributed by atoms with E-state index >= 15 is 0 Å². The van der Waals surface area contributed by atoms with Gasteiger partial charge in [-0.3, -0.25) is 14.9 Å². The number of hydrogen-bond acceptors (Lipinski definition) is 5. The number of fused-ring (bicyclic) bond motifs is 1. The number of carbonyl (C=O) groups excluding carboxylic acids is 2. The van der Waals surface area contributed by atoms with Gasteiger partial charge in [0.05, 0.1) is 18.8 Å². The van der Waals surface area contributed by atoms with E-state index in [9.17, 15) is 9.59 Å². The number of nitrogens with two attached hydrogens (primary N) is 1. The average molecular weight is 328 g/mol. The molecule has 3 aromatic rings. The van der Waals surface area contributed by atoms with Gasteiger partial charge in [-0.25, -0.2) is 9.97 Å². The maximum absolute atomic E-state index is 12.3. The highest BCUT2D eigenvalue weighted by Gasteiger charge is 2.16. The molecule has 9 nitrogen and oxygen atoms in total. The molecule has 124 valence electrons. The lowest BCUT2D eigenvalue weighted by atomic mass is 10.2. The van der Waals surface area contributed by atoms with Crippen LogP contribution in [0.25, 0.3) is 11.0 Å². The van der Waals surface area contributed by atoms with Crippen LogP contribution in [0.15, 0.2) is 18.3 Å². The van der Waals surface area contributed by atoms with Crippen LogP contribution in [0.2, 0.25) is 0 Å². The molecule has 0 radical (unpaired) electrons. The molecule has 0 unspecified atom stereocenters. The summed E-state index contributed by atoms with van der Waals surface area (Å²) in [5.41, 5.74) is 6.98. The SMILES string of the molecule is COc1cc(C(N)=O)cc2nc(NC(=O)c3cnc(C)n3C)[nH]c12. The molecule has 0 aliphatic rings. The fraction of sp³-hybridized carbons (Fsp3) is 0.200. The monoisotopic (exact) mass is 328 g/mol. The second-order valence-corrected chi connectivity index (χ2v) is 5.23. The summed E-state index contributed by atoms with van der Waals surface area (Å²) in [5, 5.41) is 2.66. The fourth-order valence-electron chi connectivity index (χ4n) is 2.33. The Balaban J connectivity index is 1.97. The zero-order valence-electron chi connectivity index (χ0n) is 13.4. The molecule has 0 aliphatic carbocycles. The number of aryl methyl sites for hydroxylation is 1. The van der Waals surface area contributed by atoms with Gasteiger partial charge in [0, 0.05) is 12.6 Å². The number of aromatic nitrogens is 4. The topological polar surface area (TPSA) is 128 Å². The average Bonchev–Trinajstić information content (AvgIpc) is 3.09. The number of H-pyrrole nitrogens is 1. The lowest BCUT2D eigenvalue weighted by molar-refractivity contribution is 0.0996. The molecule has 0 fully saturated rings. The lowest BCUT2D eigenvalue weighted by Crippen LogP contribution is -2.16. The number of nitrogens with zero attached hydrogens (tertiary/aromatic N) is 3. The van der Waals surface area contributed by atoms with Crippen molar-refractivity contribution in [2.75, 3.05) is 12.4 Å². The summed E-state index contributed by atoms with van der Waals surface area (Å²) in [6.45, 7) is 1.80. The number of anilines is 1. The summed E-state index contributed by atoms with van der Waals surface area (Å²) in [6.07, 6.45) is 1.49. The number of amides is 2. The molecule has 9 heteroatoms. The van der Waals surface area contributed by atoms with E-state index in [4.69, 9.17) is 10.5 Å². The molecule has 3 rings (SSSR count). The summed E-state index contributed by atoms with van der Waals surface area (Å²) in [4.78, 5) is 35.0. The standard InChI is InChI=1S/C15H16N6O3/c1-7-17-6-10(21(7)2)14(23)20-15-18-9-4-8(13(16)22)5-11(24-3)12(9)19-15/h4-6H,1-3H3,(H2,16,22)(H2,18,19,20,23). The third-order valence-corrected chi connectivity index (χ3v) is 3.75. The molecular formula is C15H16N6O3. The number of benzene rings is 1. The Morgan fingerprint density at radius 2 is 2.12 bits per heavy atom. The molecule has 0 atom stereocenters. The zero-order valence-corrected chi connectivity index (χ0v) is 13.4. The van der Waals surface area contributed by atoms with E-state index in [0.29, 0.717) is 22.5 Å². The van der Waals surface area contributed by atoms with Crippen LogP contribution in [0.5, 0.6) is 5.75 Å². The summed E-state index contributed by atoms with van der Waals surface area (Å²) in [6, 6.07) is 3.04. The van der Waals surface area contributed by atoms with Crippen molar-refractivity contribution in [2.24, 2.45) is 12.8 Å². The van der Waals surface area contributed by atoms with Crippen molar-refractivity contribution < 1.29 is 14.3 Å². The molecule has 0 aliphatic heterocycles. The first-order chi connectivity index (χ1) is 11.4. The summed E-state index contributed by atoms with van der Waals surface area (Å²) in [7, 11) is 3.22. The van der Waals surface area contributed by atoms with E-state index < -0.39 is 5.91 Å². The maximum atomic E-state index is 12.3. The number of primary amides is 1. The van der Waals surface area contributed by atoms with E-state index in [0.717, 1.165) is 5.82 Å². The van der Waals surface area contributed by atoms with Crippen LogP contribution in [-0.2, 0) is 7.05 Å². The van der Waals surface area contributed by atoms with Gasteiger partial charge in [0.1, 0.15) is 22.8 Å². The van der Waals surface area contributed by atoms with Crippen molar-refractivity contribution in [3.8, 4) is 5.75 Å². The van der Waals surface area contributed by atoms with Gasteiger partial charge in [-0.2, -0.15) is 0 Å². The van der Waals surface area contributed by atoms with Crippen molar-refractivity contribution in [3.63, 3.8) is 0 Å². The Morgan fingerprint density at radius 3 is 2.71 bits per heavy atom. The van der Waals surface area contributed by atoms with E-state index in [-0.39, 0.29) is 17.4 Å². The van der Waals surface area contributed by atoms with Gasteiger partial charge >= 0.3 is 0 Å². The van der Waals surface area contributed by atoms with E-state index in [2.05, 4.69) is 20.3 Å². The molecular weight excluding hydrogens is 312 g/mol. The number of carbonyl (C=O) groups is 2. The Hall–Kier alpha value is -3.36. The molecule has 24 heavy (non-hydrogen) atoms. The smallest absolute Gasteiger partial charge is 0.276 e. The number of nitrogens with one attached hydrogen (secondary N) is 2. The number of rotatable bonds is 4. The van der Waals surface area contributed by atoms with Crippen LogP contribution >= 0.6 is 0 Å². The van der Waals surface area contributed by atoms with Gasteiger partial charge < -0.3 is 20.0 Å². The number of imidazole rings is 2. The molecule has 0 bridgehead atoms. The van der Waals surface area contributed by atoms with Crippen LogP contribution in [0.1, 0.15) is 26.7 Å².